The van der Waals surface area contributed by atoms with Crippen molar-refractivity contribution in [2.75, 3.05) is 20.1 Å². The molecule has 2 atom stereocenters. The molecule has 2 aromatic carbocycles. The van der Waals surface area contributed by atoms with Crippen LogP contribution in [0.15, 0.2) is 60.8 Å². The fraction of sp³-hybridized carbons (Fsp3) is 0.414. The molecule has 0 spiro atoms. The molecule has 7 nitrogen and oxygen atoms in total. The zero-order valence-electron chi connectivity index (χ0n) is 21.9. The van der Waals surface area contributed by atoms with Gasteiger partial charge in [-0.3, -0.25) is 14.4 Å². The number of nitrogens with zero attached hydrogens (tertiary/aromatic N) is 1. The van der Waals surface area contributed by atoms with Crippen LogP contribution in [-0.4, -0.2) is 53.8 Å². The minimum atomic E-state index is -0.757. The first kappa shape index (κ1) is 27.0. The van der Waals surface area contributed by atoms with Gasteiger partial charge in [-0.05, 0) is 30.5 Å². The normalized spacial score (nSPS) is 13.1. The van der Waals surface area contributed by atoms with E-state index in [4.69, 9.17) is 0 Å². The fourth-order valence-electron chi connectivity index (χ4n) is 4.24. The molecule has 0 aliphatic rings. The summed E-state index contributed by atoms with van der Waals surface area (Å²) in [5.74, 6) is -0.917. The average molecular weight is 491 g/mol. The van der Waals surface area contributed by atoms with Gasteiger partial charge in [0.15, 0.2) is 0 Å². The minimum absolute atomic E-state index is 0.0899. The number of fused-ring (bicyclic) bond motifs is 1. The highest BCUT2D eigenvalue weighted by Gasteiger charge is 2.31. The number of nitrogens with one attached hydrogen (secondary N) is 3. The van der Waals surface area contributed by atoms with Crippen molar-refractivity contribution in [2.24, 2.45) is 11.3 Å². The maximum atomic E-state index is 13.7. The molecule has 0 saturated heterocycles. The van der Waals surface area contributed by atoms with Crippen molar-refractivity contribution < 1.29 is 14.4 Å². The summed E-state index contributed by atoms with van der Waals surface area (Å²) in [6, 6.07) is 16.9. The second kappa shape index (κ2) is 11.9. The van der Waals surface area contributed by atoms with Gasteiger partial charge >= 0.3 is 0 Å². The highest BCUT2D eigenvalue weighted by molar-refractivity contribution is 5.91. The first-order valence-electron chi connectivity index (χ1n) is 12.5. The molecule has 36 heavy (non-hydrogen) atoms. The van der Waals surface area contributed by atoms with Crippen molar-refractivity contribution in [2.45, 2.75) is 46.6 Å². The van der Waals surface area contributed by atoms with Crippen molar-refractivity contribution in [1.82, 2.24) is 20.5 Å². The molecule has 7 heteroatoms. The molecule has 3 amide bonds. The number of rotatable bonds is 10. The molecule has 3 rings (SSSR count). The smallest absolute Gasteiger partial charge is 0.245 e. The molecule has 192 valence electrons. The van der Waals surface area contributed by atoms with E-state index in [2.05, 4.69) is 15.6 Å². The third kappa shape index (κ3) is 6.97. The Morgan fingerprint density at radius 3 is 2.31 bits per heavy atom. The Morgan fingerprint density at radius 1 is 0.972 bits per heavy atom. The predicted octanol–water partition coefficient (Wildman–Crippen LogP) is 3.69. The summed E-state index contributed by atoms with van der Waals surface area (Å²) in [6.07, 6.45) is 2.76. The number of benzene rings is 2. The van der Waals surface area contributed by atoms with E-state index < -0.39 is 17.4 Å². The van der Waals surface area contributed by atoms with Gasteiger partial charge in [-0.1, -0.05) is 69.3 Å². The number of likely N-dealkylation sites (N-methyl/N-ethyl adjacent to an activating group) is 1. The minimum Gasteiger partial charge on any atom is -0.361 e. The maximum absolute atomic E-state index is 13.7. The van der Waals surface area contributed by atoms with E-state index in [0.717, 1.165) is 22.0 Å². The lowest BCUT2D eigenvalue weighted by Crippen LogP contribution is -2.52. The zero-order valence-corrected chi connectivity index (χ0v) is 21.9. The first-order valence-corrected chi connectivity index (χ1v) is 12.5. The summed E-state index contributed by atoms with van der Waals surface area (Å²) in [7, 11) is 1.70. The van der Waals surface area contributed by atoms with Gasteiger partial charge in [0.25, 0.3) is 0 Å². The number of amides is 3. The highest BCUT2D eigenvalue weighted by atomic mass is 16.2. The highest BCUT2D eigenvalue weighted by Crippen LogP contribution is 2.21. The van der Waals surface area contributed by atoms with Crippen LogP contribution < -0.4 is 10.6 Å². The first-order chi connectivity index (χ1) is 17.1. The Labute approximate surface area is 213 Å². The largest absolute Gasteiger partial charge is 0.361 e. The summed E-state index contributed by atoms with van der Waals surface area (Å²) in [5.41, 5.74) is 2.32. The second-order valence-electron chi connectivity index (χ2n) is 10.3. The second-order valence-corrected chi connectivity index (χ2v) is 10.3. The Balaban J connectivity index is 1.83. The van der Waals surface area contributed by atoms with Gasteiger partial charge in [-0.25, -0.2) is 0 Å². The van der Waals surface area contributed by atoms with E-state index in [9.17, 15) is 14.4 Å². The molecule has 2 unspecified atom stereocenters. The molecule has 3 aromatic rings. The summed E-state index contributed by atoms with van der Waals surface area (Å²) >= 11 is 0. The van der Waals surface area contributed by atoms with Crippen molar-refractivity contribution in [3.8, 4) is 0 Å². The molecular formula is C29H38N4O3. The third-order valence-electron chi connectivity index (χ3n) is 6.30. The lowest BCUT2D eigenvalue weighted by Gasteiger charge is -2.29. The van der Waals surface area contributed by atoms with E-state index in [0.29, 0.717) is 19.4 Å². The fourth-order valence-corrected chi connectivity index (χ4v) is 4.24. The average Bonchev–Trinajstić information content (AvgIpc) is 3.25. The van der Waals surface area contributed by atoms with Crippen molar-refractivity contribution in [1.29, 1.82) is 0 Å². The number of hydrogen-bond acceptors (Lipinski definition) is 3. The summed E-state index contributed by atoms with van der Waals surface area (Å²) in [6.45, 7) is 8.12. The van der Waals surface area contributed by atoms with Gasteiger partial charge in [-0.15, -0.1) is 0 Å². The van der Waals surface area contributed by atoms with Crippen LogP contribution in [0.25, 0.3) is 10.9 Å². The van der Waals surface area contributed by atoms with Crippen LogP contribution in [0.3, 0.4) is 0 Å². The van der Waals surface area contributed by atoms with Crippen LogP contribution in [0.4, 0.5) is 0 Å². The standard InChI is InChI=1S/C29H38N4O3/c1-6-30-26(34)22(16-20-12-8-7-9-13-20)19-33(5)27(35)25(32-28(36)29(2,3)4)17-21-18-31-24-15-11-10-14-23(21)24/h7-15,18,22,25,31H,6,16-17,19H2,1-5H3,(H,30,34)(H,32,36). The Morgan fingerprint density at radius 2 is 1.64 bits per heavy atom. The lowest BCUT2D eigenvalue weighted by molar-refractivity contribution is -0.139. The number of carbonyl (C=O) groups is 3. The third-order valence-corrected chi connectivity index (χ3v) is 6.30. The van der Waals surface area contributed by atoms with E-state index >= 15 is 0 Å². The predicted molar refractivity (Wildman–Crippen MR) is 143 cm³/mol. The quantitative estimate of drug-likeness (QED) is 0.405. The van der Waals surface area contributed by atoms with Gasteiger partial charge in [0.1, 0.15) is 6.04 Å². The molecule has 1 aromatic heterocycles. The van der Waals surface area contributed by atoms with Crippen LogP contribution in [0.1, 0.15) is 38.8 Å². The molecule has 0 aliphatic heterocycles. The molecule has 0 bridgehead atoms. The van der Waals surface area contributed by atoms with E-state index in [-0.39, 0.29) is 24.3 Å². The summed E-state index contributed by atoms with van der Waals surface area (Å²) in [4.78, 5) is 44.3. The van der Waals surface area contributed by atoms with Crippen LogP contribution >= 0.6 is 0 Å². The zero-order chi connectivity index (χ0) is 26.3. The number of carbonyl (C=O) groups excluding carboxylic acids is 3. The van der Waals surface area contributed by atoms with Crippen LogP contribution in [0, 0.1) is 11.3 Å². The molecule has 0 saturated carbocycles. The number of para-hydroxylation sites is 1. The van der Waals surface area contributed by atoms with Gasteiger partial charge in [0.2, 0.25) is 17.7 Å². The van der Waals surface area contributed by atoms with Crippen LogP contribution in [-0.2, 0) is 27.2 Å². The van der Waals surface area contributed by atoms with Crippen molar-refractivity contribution in [3.63, 3.8) is 0 Å². The van der Waals surface area contributed by atoms with Crippen LogP contribution in [0.5, 0.6) is 0 Å². The number of H-pyrrole nitrogens is 1. The number of aromatic nitrogens is 1. The number of aromatic amines is 1. The van der Waals surface area contributed by atoms with Crippen LogP contribution in [0.2, 0.25) is 0 Å². The van der Waals surface area contributed by atoms with Gasteiger partial charge in [0.05, 0.1) is 5.92 Å². The van der Waals surface area contributed by atoms with Gasteiger partial charge in [-0.2, -0.15) is 0 Å². The molecule has 3 N–H and O–H groups in total. The Hall–Kier alpha value is -3.61. The summed E-state index contributed by atoms with van der Waals surface area (Å²) in [5, 5.41) is 6.89. The Kier molecular flexibility index (Phi) is 8.91. The van der Waals surface area contributed by atoms with E-state index in [1.165, 1.54) is 0 Å². The monoisotopic (exact) mass is 490 g/mol. The molecular weight excluding hydrogens is 452 g/mol. The molecule has 0 aliphatic carbocycles. The lowest BCUT2D eigenvalue weighted by atomic mass is 9.94. The molecule has 0 radical (unpaired) electrons. The van der Waals surface area contributed by atoms with Crippen molar-refractivity contribution >= 4 is 28.6 Å². The van der Waals surface area contributed by atoms with Gasteiger partial charge < -0.3 is 20.5 Å². The maximum Gasteiger partial charge on any atom is 0.245 e. The Bertz CT molecular complexity index is 1180. The molecule has 0 fully saturated rings. The number of hydrogen-bond donors (Lipinski definition) is 3. The van der Waals surface area contributed by atoms with Gasteiger partial charge in [0, 0.05) is 49.1 Å². The molecule has 1 heterocycles. The topological polar surface area (TPSA) is 94.3 Å². The van der Waals surface area contributed by atoms with Crippen molar-refractivity contribution in [3.05, 3.63) is 71.9 Å². The SMILES string of the molecule is CCNC(=O)C(Cc1ccccc1)CN(C)C(=O)C(Cc1c[nH]c2ccccc12)NC(=O)C(C)(C)C. The van der Waals surface area contributed by atoms with E-state index in [1.54, 1.807) is 11.9 Å². The summed E-state index contributed by atoms with van der Waals surface area (Å²) < 4.78 is 0. The van der Waals surface area contributed by atoms with E-state index in [1.807, 2.05) is 88.5 Å².